The summed E-state index contributed by atoms with van der Waals surface area (Å²) in [5.74, 6) is 3.20. The van der Waals surface area contributed by atoms with Crippen LogP contribution in [-0.2, 0) is 4.74 Å². The lowest BCUT2D eigenvalue weighted by molar-refractivity contribution is -0.0852. The molecule has 118 valence electrons. The third-order valence-corrected chi connectivity index (χ3v) is 7.06. The predicted molar refractivity (Wildman–Crippen MR) is 93.4 cm³/mol. The molecule has 21 heavy (non-hydrogen) atoms. The molecule has 2 saturated heterocycles. The van der Waals surface area contributed by atoms with Crippen molar-refractivity contribution in [1.29, 1.82) is 0 Å². The second kappa shape index (κ2) is 7.03. The number of aryl methyl sites for hydroxylation is 1. The molecule has 3 atom stereocenters. The van der Waals surface area contributed by atoms with Crippen molar-refractivity contribution in [1.82, 2.24) is 5.32 Å². The highest BCUT2D eigenvalue weighted by atomic mass is 32.2. The Bertz CT molecular complexity index is 453. The molecule has 3 unspecified atom stereocenters. The van der Waals surface area contributed by atoms with Crippen LogP contribution in [-0.4, -0.2) is 30.3 Å². The smallest absolute Gasteiger partial charge is 0.0783 e. The molecule has 0 radical (unpaired) electrons. The molecule has 1 aromatic heterocycles. The van der Waals surface area contributed by atoms with Gasteiger partial charge >= 0.3 is 0 Å². The number of ether oxygens (including phenoxy) is 1. The van der Waals surface area contributed by atoms with E-state index in [9.17, 15) is 0 Å². The molecule has 1 aromatic rings. The summed E-state index contributed by atoms with van der Waals surface area (Å²) in [4.78, 5) is 2.94. The molecule has 1 spiro atoms. The Morgan fingerprint density at radius 2 is 2.38 bits per heavy atom. The van der Waals surface area contributed by atoms with Crippen LogP contribution in [0.25, 0.3) is 0 Å². The van der Waals surface area contributed by atoms with Crippen LogP contribution < -0.4 is 5.32 Å². The first kappa shape index (κ1) is 15.9. The minimum Gasteiger partial charge on any atom is -0.374 e. The fourth-order valence-electron chi connectivity index (χ4n) is 3.63. The molecule has 4 heteroatoms. The van der Waals surface area contributed by atoms with Crippen molar-refractivity contribution in [3.8, 4) is 0 Å². The van der Waals surface area contributed by atoms with Gasteiger partial charge in [0.2, 0.25) is 0 Å². The third-order valence-electron chi connectivity index (χ3n) is 4.75. The van der Waals surface area contributed by atoms with E-state index in [1.807, 2.05) is 11.3 Å². The molecule has 2 fully saturated rings. The zero-order chi connectivity index (χ0) is 14.7. The lowest BCUT2D eigenvalue weighted by Crippen LogP contribution is -2.43. The maximum atomic E-state index is 6.21. The highest BCUT2D eigenvalue weighted by Gasteiger charge is 2.42. The molecule has 2 nitrogen and oxygen atoms in total. The topological polar surface area (TPSA) is 21.3 Å². The van der Waals surface area contributed by atoms with Crippen LogP contribution in [0, 0.1) is 12.8 Å². The molecular weight excluding hydrogens is 298 g/mol. The molecule has 0 saturated carbocycles. The Kier molecular flexibility index (Phi) is 5.31. The quantitative estimate of drug-likeness (QED) is 0.867. The fourth-order valence-corrected chi connectivity index (χ4v) is 6.06. The standard InChI is InChI=1S/C17H27NOS2/c1-3-8-18-16(15-5-4-13(2)21-15)14-6-9-19-17(11-14)7-10-20-12-17/h4-5,14,16,18H,3,6-12H2,1-2H3. The average molecular weight is 326 g/mol. The van der Waals surface area contributed by atoms with Gasteiger partial charge < -0.3 is 10.1 Å². The summed E-state index contributed by atoms with van der Waals surface area (Å²) in [5.41, 5.74) is 0.187. The maximum Gasteiger partial charge on any atom is 0.0783 e. The van der Waals surface area contributed by atoms with Crippen molar-refractivity contribution in [2.75, 3.05) is 24.7 Å². The summed E-state index contributed by atoms with van der Waals surface area (Å²) >= 11 is 4.03. The van der Waals surface area contributed by atoms with Crippen molar-refractivity contribution < 1.29 is 4.74 Å². The highest BCUT2D eigenvalue weighted by molar-refractivity contribution is 7.99. The van der Waals surface area contributed by atoms with Gasteiger partial charge in [0.1, 0.15) is 0 Å². The fraction of sp³-hybridized carbons (Fsp3) is 0.765. The Morgan fingerprint density at radius 3 is 3.05 bits per heavy atom. The molecule has 0 aromatic carbocycles. The molecule has 3 rings (SSSR count). The first-order chi connectivity index (χ1) is 10.2. The molecule has 1 N–H and O–H groups in total. The van der Waals surface area contributed by atoms with Crippen molar-refractivity contribution in [2.45, 2.75) is 51.2 Å². The number of hydrogen-bond acceptors (Lipinski definition) is 4. The van der Waals surface area contributed by atoms with Gasteiger partial charge in [0.05, 0.1) is 5.60 Å². The molecule has 3 heterocycles. The maximum absolute atomic E-state index is 6.21. The van der Waals surface area contributed by atoms with Crippen molar-refractivity contribution in [3.05, 3.63) is 21.9 Å². The number of rotatable bonds is 5. The van der Waals surface area contributed by atoms with E-state index in [-0.39, 0.29) is 5.60 Å². The van der Waals surface area contributed by atoms with E-state index < -0.39 is 0 Å². The van der Waals surface area contributed by atoms with E-state index in [1.165, 1.54) is 46.9 Å². The Balaban J connectivity index is 1.75. The minimum atomic E-state index is 0.187. The lowest BCUT2D eigenvalue weighted by atomic mass is 9.80. The summed E-state index contributed by atoms with van der Waals surface area (Å²) in [6, 6.07) is 5.12. The van der Waals surface area contributed by atoms with Gasteiger partial charge in [0.25, 0.3) is 0 Å². The van der Waals surface area contributed by atoms with E-state index in [1.54, 1.807) is 0 Å². The monoisotopic (exact) mass is 325 g/mol. The van der Waals surface area contributed by atoms with E-state index >= 15 is 0 Å². The van der Waals surface area contributed by atoms with Crippen LogP contribution in [0.3, 0.4) is 0 Å². The minimum absolute atomic E-state index is 0.187. The van der Waals surface area contributed by atoms with Crippen LogP contribution in [0.4, 0.5) is 0 Å². The van der Waals surface area contributed by atoms with Gasteiger partial charge in [-0.05, 0) is 63.0 Å². The van der Waals surface area contributed by atoms with Gasteiger partial charge in [-0.15, -0.1) is 11.3 Å². The SMILES string of the molecule is CCCNC(c1ccc(C)s1)C1CCOC2(CCSC2)C1. The molecule has 2 aliphatic heterocycles. The summed E-state index contributed by atoms with van der Waals surface area (Å²) < 4.78 is 6.21. The number of thioether (sulfide) groups is 1. The van der Waals surface area contributed by atoms with E-state index in [4.69, 9.17) is 4.74 Å². The van der Waals surface area contributed by atoms with Gasteiger partial charge in [-0.1, -0.05) is 6.92 Å². The van der Waals surface area contributed by atoms with Crippen molar-refractivity contribution in [2.24, 2.45) is 5.92 Å². The lowest BCUT2D eigenvalue weighted by Gasteiger charge is -2.41. The average Bonchev–Trinajstić information content (AvgIpc) is 3.10. The summed E-state index contributed by atoms with van der Waals surface area (Å²) in [5, 5.41) is 3.82. The van der Waals surface area contributed by atoms with Crippen LogP contribution >= 0.6 is 23.1 Å². The zero-order valence-electron chi connectivity index (χ0n) is 13.2. The predicted octanol–water partition coefficient (Wildman–Crippen LogP) is 4.40. The van der Waals surface area contributed by atoms with E-state index in [0.29, 0.717) is 6.04 Å². The first-order valence-electron chi connectivity index (χ1n) is 8.24. The van der Waals surface area contributed by atoms with Crippen LogP contribution in [0.2, 0.25) is 0 Å². The number of hydrogen-bond donors (Lipinski definition) is 1. The molecule has 0 aliphatic carbocycles. The summed E-state index contributed by atoms with van der Waals surface area (Å²) in [6.07, 6.45) is 4.88. The highest BCUT2D eigenvalue weighted by Crippen LogP contribution is 2.44. The van der Waals surface area contributed by atoms with Crippen LogP contribution in [0.15, 0.2) is 12.1 Å². The summed E-state index contributed by atoms with van der Waals surface area (Å²) in [7, 11) is 0. The zero-order valence-corrected chi connectivity index (χ0v) is 14.8. The molecule has 0 bridgehead atoms. The van der Waals surface area contributed by atoms with Gasteiger partial charge in [0, 0.05) is 28.2 Å². The van der Waals surface area contributed by atoms with Crippen LogP contribution in [0.1, 0.15) is 48.4 Å². The Labute approximate surface area is 137 Å². The van der Waals surface area contributed by atoms with Gasteiger partial charge in [-0.3, -0.25) is 0 Å². The molecule has 2 aliphatic rings. The van der Waals surface area contributed by atoms with Crippen molar-refractivity contribution >= 4 is 23.1 Å². The Hall–Kier alpha value is -0.0300. The second-order valence-corrected chi connectivity index (χ2v) is 8.89. The first-order valence-corrected chi connectivity index (χ1v) is 10.2. The van der Waals surface area contributed by atoms with E-state index in [2.05, 4.69) is 43.1 Å². The van der Waals surface area contributed by atoms with Gasteiger partial charge in [-0.25, -0.2) is 0 Å². The molecular formula is C17H27NOS2. The third kappa shape index (κ3) is 3.66. The van der Waals surface area contributed by atoms with Crippen molar-refractivity contribution in [3.63, 3.8) is 0 Å². The number of nitrogens with one attached hydrogen (secondary N) is 1. The Morgan fingerprint density at radius 1 is 1.48 bits per heavy atom. The van der Waals surface area contributed by atoms with Crippen LogP contribution in [0.5, 0.6) is 0 Å². The summed E-state index contributed by atoms with van der Waals surface area (Å²) in [6.45, 7) is 6.52. The van der Waals surface area contributed by atoms with Gasteiger partial charge in [-0.2, -0.15) is 11.8 Å². The normalized spacial score (nSPS) is 30.9. The van der Waals surface area contributed by atoms with Gasteiger partial charge in [0.15, 0.2) is 0 Å². The molecule has 0 amide bonds. The van der Waals surface area contributed by atoms with E-state index in [0.717, 1.165) is 19.1 Å². The number of thiophene rings is 1. The second-order valence-electron chi connectivity index (χ2n) is 6.47. The largest absolute Gasteiger partial charge is 0.374 e.